The number of ether oxygens (including phenoxy) is 1. The van der Waals surface area contributed by atoms with Crippen molar-refractivity contribution in [1.82, 2.24) is 14.6 Å². The number of nitrogens with zero attached hydrogens (tertiary/aromatic N) is 3. The number of aromatic amines is 1. The van der Waals surface area contributed by atoms with Crippen LogP contribution in [0.1, 0.15) is 11.1 Å². The average Bonchev–Trinajstić information content (AvgIpc) is 3.07. The first-order valence-corrected chi connectivity index (χ1v) is 8.01. The van der Waals surface area contributed by atoms with Gasteiger partial charge in [-0.2, -0.15) is 9.78 Å². The van der Waals surface area contributed by atoms with Gasteiger partial charge < -0.3 is 14.8 Å². The molecule has 130 valence electrons. The number of rotatable bonds is 4. The predicted molar refractivity (Wildman–Crippen MR) is 99.8 cm³/mol. The fourth-order valence-corrected chi connectivity index (χ4v) is 2.91. The van der Waals surface area contributed by atoms with E-state index in [1.54, 1.807) is 25.3 Å². The Morgan fingerprint density at radius 3 is 2.96 bits per heavy atom. The fraction of sp³-hybridized carbons (Fsp3) is 0.105. The summed E-state index contributed by atoms with van der Waals surface area (Å²) in [5.41, 5.74) is 3.00. The van der Waals surface area contributed by atoms with Crippen molar-refractivity contribution in [2.24, 2.45) is 5.10 Å². The second kappa shape index (κ2) is 6.45. The van der Waals surface area contributed by atoms with Gasteiger partial charge in [-0.1, -0.05) is 18.2 Å². The lowest BCUT2D eigenvalue weighted by Crippen LogP contribution is -2.17. The molecular formula is C19H16N4O3. The van der Waals surface area contributed by atoms with Crippen LogP contribution in [0.4, 0.5) is 0 Å². The molecule has 0 radical (unpaired) electrons. The quantitative estimate of drug-likeness (QED) is 0.553. The Hall–Kier alpha value is -3.45. The van der Waals surface area contributed by atoms with Crippen LogP contribution in [-0.4, -0.2) is 33.1 Å². The molecule has 2 N–H and O–H groups in total. The molecule has 0 fully saturated rings. The largest absolute Gasteiger partial charge is 0.496 e. The molecule has 2 heterocycles. The Labute approximate surface area is 148 Å². The van der Waals surface area contributed by atoms with Crippen LogP contribution in [0.2, 0.25) is 0 Å². The second-order valence-electron chi connectivity index (χ2n) is 5.76. The summed E-state index contributed by atoms with van der Waals surface area (Å²) in [6, 6.07) is 12.9. The molecule has 0 saturated heterocycles. The SMILES string of the molecule is COc1ccc(C=Nn2cnc3c([nH]c4ccccc43)c2=O)cc1CO. The summed E-state index contributed by atoms with van der Waals surface area (Å²) >= 11 is 0. The van der Waals surface area contributed by atoms with Crippen LogP contribution in [0.3, 0.4) is 0 Å². The molecule has 0 aliphatic rings. The van der Waals surface area contributed by atoms with Gasteiger partial charge in [0.25, 0.3) is 5.56 Å². The molecular weight excluding hydrogens is 332 g/mol. The lowest BCUT2D eigenvalue weighted by Gasteiger charge is -2.06. The number of aliphatic hydroxyl groups excluding tert-OH is 1. The predicted octanol–water partition coefficient (Wildman–Crippen LogP) is 2.26. The maximum atomic E-state index is 12.7. The van der Waals surface area contributed by atoms with Crippen molar-refractivity contribution in [3.05, 3.63) is 70.3 Å². The number of aliphatic hydroxyl groups is 1. The first-order valence-electron chi connectivity index (χ1n) is 8.01. The van der Waals surface area contributed by atoms with E-state index in [1.807, 2.05) is 24.3 Å². The van der Waals surface area contributed by atoms with Crippen LogP contribution < -0.4 is 10.3 Å². The van der Waals surface area contributed by atoms with Gasteiger partial charge in [-0.25, -0.2) is 4.98 Å². The molecule has 0 amide bonds. The van der Waals surface area contributed by atoms with Crippen molar-refractivity contribution >= 4 is 28.2 Å². The van der Waals surface area contributed by atoms with Crippen molar-refractivity contribution < 1.29 is 9.84 Å². The summed E-state index contributed by atoms with van der Waals surface area (Å²) in [6.45, 7) is -0.145. The van der Waals surface area contributed by atoms with E-state index in [2.05, 4.69) is 15.1 Å². The summed E-state index contributed by atoms with van der Waals surface area (Å²) in [4.78, 5) is 20.1. The normalized spacial score (nSPS) is 11.6. The third-order valence-electron chi connectivity index (χ3n) is 4.20. The first kappa shape index (κ1) is 16.0. The van der Waals surface area contributed by atoms with E-state index in [4.69, 9.17) is 4.74 Å². The first-order chi connectivity index (χ1) is 12.7. The summed E-state index contributed by atoms with van der Waals surface area (Å²) in [5, 5.41) is 14.5. The van der Waals surface area contributed by atoms with Crippen LogP contribution in [0.25, 0.3) is 21.9 Å². The highest BCUT2D eigenvalue weighted by Gasteiger charge is 2.10. The summed E-state index contributed by atoms with van der Waals surface area (Å²) < 4.78 is 6.36. The number of fused-ring (bicyclic) bond motifs is 3. The monoisotopic (exact) mass is 348 g/mol. The smallest absolute Gasteiger partial charge is 0.298 e. The fourth-order valence-electron chi connectivity index (χ4n) is 2.91. The average molecular weight is 348 g/mol. The Morgan fingerprint density at radius 2 is 2.15 bits per heavy atom. The van der Waals surface area contributed by atoms with E-state index in [-0.39, 0.29) is 12.2 Å². The number of nitrogens with one attached hydrogen (secondary N) is 1. The molecule has 2 aromatic carbocycles. The van der Waals surface area contributed by atoms with Gasteiger partial charge in [0.05, 0.1) is 19.9 Å². The molecule has 0 spiro atoms. The highest BCUT2D eigenvalue weighted by atomic mass is 16.5. The van der Waals surface area contributed by atoms with Crippen molar-refractivity contribution in [2.45, 2.75) is 6.61 Å². The number of aromatic nitrogens is 3. The zero-order chi connectivity index (χ0) is 18.1. The highest BCUT2D eigenvalue weighted by molar-refractivity contribution is 6.04. The summed E-state index contributed by atoms with van der Waals surface area (Å²) in [5.74, 6) is 0.600. The van der Waals surface area contributed by atoms with Gasteiger partial charge in [0.15, 0.2) is 0 Å². The Balaban J connectivity index is 1.75. The summed E-state index contributed by atoms with van der Waals surface area (Å²) in [7, 11) is 1.54. The van der Waals surface area contributed by atoms with Crippen LogP contribution in [0.5, 0.6) is 5.75 Å². The minimum Gasteiger partial charge on any atom is -0.496 e. The van der Waals surface area contributed by atoms with Crippen molar-refractivity contribution in [3.63, 3.8) is 0 Å². The number of methoxy groups -OCH3 is 1. The van der Waals surface area contributed by atoms with E-state index in [9.17, 15) is 9.90 Å². The molecule has 0 saturated carbocycles. The van der Waals surface area contributed by atoms with E-state index < -0.39 is 0 Å². The highest BCUT2D eigenvalue weighted by Crippen LogP contribution is 2.21. The van der Waals surface area contributed by atoms with Gasteiger partial charge in [-0.15, -0.1) is 0 Å². The van der Waals surface area contributed by atoms with E-state index in [0.717, 1.165) is 16.5 Å². The standard InChI is InChI=1S/C19H16N4O3/c1-26-16-7-6-12(8-13(16)10-24)9-21-23-11-20-17-14-4-2-3-5-15(14)22-18(17)19(23)25/h2-9,11,22,24H,10H2,1H3. The number of hydrogen-bond donors (Lipinski definition) is 2. The Morgan fingerprint density at radius 1 is 1.31 bits per heavy atom. The van der Waals surface area contributed by atoms with E-state index in [0.29, 0.717) is 22.3 Å². The van der Waals surface area contributed by atoms with Crippen LogP contribution in [0.15, 0.2) is 58.7 Å². The van der Waals surface area contributed by atoms with Crippen molar-refractivity contribution in [2.75, 3.05) is 7.11 Å². The zero-order valence-electron chi connectivity index (χ0n) is 14.0. The maximum Gasteiger partial charge on any atom is 0.298 e. The summed E-state index contributed by atoms with van der Waals surface area (Å²) in [6.07, 6.45) is 2.94. The third-order valence-corrected chi connectivity index (χ3v) is 4.20. The number of hydrogen-bond acceptors (Lipinski definition) is 5. The molecule has 0 aliphatic heterocycles. The molecule has 2 aromatic heterocycles. The topological polar surface area (TPSA) is 92.5 Å². The minimum atomic E-state index is -0.279. The Kier molecular flexibility index (Phi) is 3.98. The van der Waals surface area contributed by atoms with Gasteiger partial charge >= 0.3 is 0 Å². The van der Waals surface area contributed by atoms with Gasteiger partial charge in [-0.05, 0) is 29.8 Å². The van der Waals surface area contributed by atoms with Crippen LogP contribution >= 0.6 is 0 Å². The molecule has 4 rings (SSSR count). The molecule has 0 unspecified atom stereocenters. The number of benzene rings is 2. The zero-order valence-corrected chi connectivity index (χ0v) is 14.0. The molecule has 7 nitrogen and oxygen atoms in total. The van der Waals surface area contributed by atoms with Crippen LogP contribution in [-0.2, 0) is 6.61 Å². The molecule has 0 bridgehead atoms. The number of H-pyrrole nitrogens is 1. The number of para-hydroxylation sites is 1. The minimum absolute atomic E-state index is 0.145. The molecule has 0 atom stereocenters. The molecule has 0 aliphatic carbocycles. The van der Waals surface area contributed by atoms with E-state index >= 15 is 0 Å². The molecule has 26 heavy (non-hydrogen) atoms. The van der Waals surface area contributed by atoms with Crippen molar-refractivity contribution in [1.29, 1.82) is 0 Å². The van der Waals surface area contributed by atoms with Gasteiger partial charge in [-0.3, -0.25) is 4.79 Å². The third kappa shape index (κ3) is 2.64. The maximum absolute atomic E-state index is 12.7. The Bertz CT molecular complexity index is 1190. The van der Waals surface area contributed by atoms with Gasteiger partial charge in [0.2, 0.25) is 0 Å². The lowest BCUT2D eigenvalue weighted by atomic mass is 10.1. The van der Waals surface area contributed by atoms with Crippen LogP contribution in [0, 0.1) is 0 Å². The van der Waals surface area contributed by atoms with E-state index in [1.165, 1.54) is 17.2 Å². The van der Waals surface area contributed by atoms with Gasteiger partial charge in [0, 0.05) is 16.5 Å². The lowest BCUT2D eigenvalue weighted by molar-refractivity contribution is 0.274. The second-order valence-corrected chi connectivity index (χ2v) is 5.76. The molecule has 7 heteroatoms. The van der Waals surface area contributed by atoms with Gasteiger partial charge in [0.1, 0.15) is 23.1 Å². The van der Waals surface area contributed by atoms with Crippen molar-refractivity contribution in [3.8, 4) is 5.75 Å². The molecule has 4 aromatic rings.